The summed E-state index contributed by atoms with van der Waals surface area (Å²) in [5, 5.41) is 14.7. The van der Waals surface area contributed by atoms with Gasteiger partial charge in [-0.3, -0.25) is 4.79 Å². The number of halogens is 1. The van der Waals surface area contributed by atoms with Gasteiger partial charge in [-0.2, -0.15) is 0 Å². The highest BCUT2D eigenvalue weighted by Crippen LogP contribution is 2.36. The maximum absolute atomic E-state index is 11.4. The Hall–Kier alpha value is -1.24. The first-order chi connectivity index (χ1) is 9.65. The minimum Gasteiger partial charge on any atom is -0.481 e. The molecule has 0 spiro atoms. The van der Waals surface area contributed by atoms with Gasteiger partial charge in [0.2, 0.25) is 0 Å². The molecule has 20 heavy (non-hydrogen) atoms. The van der Waals surface area contributed by atoms with Gasteiger partial charge in [0.05, 0.1) is 11.6 Å². The van der Waals surface area contributed by atoms with E-state index in [1.807, 2.05) is 29.6 Å². The standard InChI is InChI=1S/C14H13BrN2O2S/c15-14-17-9(7-20-14)6-16-12-10-4-2-1-3-8(10)5-11(12)13(18)19/h1-4,7,11-12,16H,5-6H2,(H,18,19)/t11-,12+/m1/s1. The lowest BCUT2D eigenvalue weighted by molar-refractivity contribution is -0.142. The zero-order chi connectivity index (χ0) is 14.1. The summed E-state index contributed by atoms with van der Waals surface area (Å²) in [7, 11) is 0. The van der Waals surface area contributed by atoms with Crippen molar-refractivity contribution in [3.8, 4) is 0 Å². The fraction of sp³-hybridized carbons (Fsp3) is 0.286. The van der Waals surface area contributed by atoms with Gasteiger partial charge in [0.15, 0.2) is 3.92 Å². The van der Waals surface area contributed by atoms with E-state index in [1.54, 1.807) is 0 Å². The molecule has 0 bridgehead atoms. The van der Waals surface area contributed by atoms with E-state index in [1.165, 1.54) is 11.3 Å². The van der Waals surface area contributed by atoms with Crippen molar-refractivity contribution < 1.29 is 9.90 Å². The molecule has 0 saturated heterocycles. The normalized spacial score (nSPS) is 20.9. The van der Waals surface area contributed by atoms with Crippen LogP contribution in [0.25, 0.3) is 0 Å². The smallest absolute Gasteiger partial charge is 0.308 e. The van der Waals surface area contributed by atoms with Crippen molar-refractivity contribution in [2.75, 3.05) is 0 Å². The Morgan fingerprint density at radius 2 is 2.30 bits per heavy atom. The number of benzene rings is 1. The molecule has 2 N–H and O–H groups in total. The van der Waals surface area contributed by atoms with Gasteiger partial charge in [0.25, 0.3) is 0 Å². The van der Waals surface area contributed by atoms with E-state index in [0.717, 1.165) is 20.7 Å². The predicted octanol–water partition coefficient (Wildman–Crippen LogP) is 2.99. The van der Waals surface area contributed by atoms with Gasteiger partial charge in [-0.15, -0.1) is 11.3 Å². The summed E-state index contributed by atoms with van der Waals surface area (Å²) in [6, 6.07) is 7.78. The number of fused-ring (bicyclic) bond motifs is 1. The molecule has 1 aliphatic carbocycles. The van der Waals surface area contributed by atoms with Gasteiger partial charge in [0, 0.05) is 18.0 Å². The third-order valence-electron chi connectivity index (χ3n) is 3.58. The first kappa shape index (κ1) is 13.7. The second kappa shape index (κ2) is 5.63. The van der Waals surface area contributed by atoms with Crippen LogP contribution in [0.1, 0.15) is 22.9 Å². The number of aliphatic carboxylic acids is 1. The summed E-state index contributed by atoms with van der Waals surface area (Å²) in [4.78, 5) is 15.8. The number of hydrogen-bond acceptors (Lipinski definition) is 4. The summed E-state index contributed by atoms with van der Waals surface area (Å²) in [6.45, 7) is 0.574. The Kier molecular flexibility index (Phi) is 3.87. The minimum atomic E-state index is -0.752. The maximum Gasteiger partial charge on any atom is 0.308 e. The van der Waals surface area contributed by atoms with Crippen molar-refractivity contribution in [2.24, 2.45) is 5.92 Å². The first-order valence-electron chi connectivity index (χ1n) is 6.29. The highest BCUT2D eigenvalue weighted by molar-refractivity contribution is 9.11. The van der Waals surface area contributed by atoms with Crippen molar-refractivity contribution in [2.45, 2.75) is 19.0 Å². The summed E-state index contributed by atoms with van der Waals surface area (Å²) in [5.41, 5.74) is 3.14. The third-order valence-corrected chi connectivity index (χ3v) is 4.99. The van der Waals surface area contributed by atoms with E-state index >= 15 is 0 Å². The Bertz CT molecular complexity index is 644. The van der Waals surface area contributed by atoms with Crippen LogP contribution in [0.4, 0.5) is 0 Å². The Balaban J connectivity index is 1.80. The Labute approximate surface area is 129 Å². The van der Waals surface area contributed by atoms with Gasteiger partial charge >= 0.3 is 5.97 Å². The second-order valence-electron chi connectivity index (χ2n) is 4.80. The zero-order valence-electron chi connectivity index (χ0n) is 10.5. The molecule has 0 amide bonds. The first-order valence-corrected chi connectivity index (χ1v) is 7.96. The van der Waals surface area contributed by atoms with Gasteiger partial charge in [-0.05, 0) is 33.5 Å². The van der Waals surface area contributed by atoms with Crippen LogP contribution < -0.4 is 5.32 Å². The number of carboxylic acid groups (broad SMARTS) is 1. The van der Waals surface area contributed by atoms with Crippen LogP contribution in [0.2, 0.25) is 0 Å². The molecule has 2 aromatic rings. The number of nitrogens with one attached hydrogen (secondary N) is 1. The van der Waals surface area contributed by atoms with Crippen molar-refractivity contribution in [3.05, 3.63) is 50.4 Å². The van der Waals surface area contributed by atoms with Crippen molar-refractivity contribution >= 4 is 33.2 Å². The van der Waals surface area contributed by atoms with Crippen molar-refractivity contribution in [3.63, 3.8) is 0 Å². The molecular formula is C14H13BrN2O2S. The van der Waals surface area contributed by atoms with E-state index < -0.39 is 11.9 Å². The number of nitrogens with zero attached hydrogens (tertiary/aromatic N) is 1. The topological polar surface area (TPSA) is 62.2 Å². The number of carboxylic acids is 1. The molecule has 0 unspecified atom stereocenters. The minimum absolute atomic E-state index is 0.149. The molecule has 1 aliphatic rings. The molecule has 4 nitrogen and oxygen atoms in total. The van der Waals surface area contributed by atoms with E-state index in [4.69, 9.17) is 0 Å². The lowest BCUT2D eigenvalue weighted by atomic mass is 10.0. The summed E-state index contributed by atoms with van der Waals surface area (Å²) < 4.78 is 0.843. The monoisotopic (exact) mass is 352 g/mol. The Morgan fingerprint density at radius 1 is 1.50 bits per heavy atom. The number of aromatic nitrogens is 1. The number of hydrogen-bond donors (Lipinski definition) is 2. The summed E-state index contributed by atoms with van der Waals surface area (Å²) in [6.07, 6.45) is 0.587. The lowest BCUT2D eigenvalue weighted by Crippen LogP contribution is -2.29. The molecule has 104 valence electrons. The maximum atomic E-state index is 11.4. The van der Waals surface area contributed by atoms with Crippen LogP contribution in [0, 0.1) is 5.92 Å². The van der Waals surface area contributed by atoms with E-state index in [2.05, 4.69) is 26.2 Å². The third kappa shape index (κ3) is 2.63. The van der Waals surface area contributed by atoms with E-state index in [0.29, 0.717) is 13.0 Å². The van der Waals surface area contributed by atoms with Gasteiger partial charge in [-0.25, -0.2) is 4.98 Å². The van der Waals surface area contributed by atoms with Crippen LogP contribution in [-0.4, -0.2) is 16.1 Å². The second-order valence-corrected chi connectivity index (χ2v) is 6.93. The fourth-order valence-electron chi connectivity index (χ4n) is 2.66. The molecule has 2 atom stereocenters. The van der Waals surface area contributed by atoms with Crippen LogP contribution in [0.5, 0.6) is 0 Å². The molecule has 3 rings (SSSR count). The number of carbonyl (C=O) groups is 1. The fourth-order valence-corrected chi connectivity index (χ4v) is 3.70. The van der Waals surface area contributed by atoms with Gasteiger partial charge in [0.1, 0.15) is 0 Å². The van der Waals surface area contributed by atoms with Crippen molar-refractivity contribution in [1.29, 1.82) is 0 Å². The quantitative estimate of drug-likeness (QED) is 0.887. The molecule has 6 heteroatoms. The lowest BCUT2D eigenvalue weighted by Gasteiger charge is -2.18. The largest absolute Gasteiger partial charge is 0.481 e. The molecule has 0 aliphatic heterocycles. The predicted molar refractivity (Wildman–Crippen MR) is 80.7 cm³/mol. The van der Waals surface area contributed by atoms with Crippen LogP contribution in [0.15, 0.2) is 33.6 Å². The van der Waals surface area contributed by atoms with Crippen LogP contribution in [-0.2, 0) is 17.8 Å². The molecule has 0 fully saturated rings. The zero-order valence-corrected chi connectivity index (χ0v) is 12.9. The van der Waals surface area contributed by atoms with Gasteiger partial charge in [-0.1, -0.05) is 24.3 Å². The van der Waals surface area contributed by atoms with Crippen LogP contribution in [0.3, 0.4) is 0 Å². The SMILES string of the molecule is O=C(O)[C@@H]1Cc2ccccc2[C@@H]1NCc1csc(Br)n1. The molecular weight excluding hydrogens is 340 g/mol. The number of rotatable bonds is 4. The average molecular weight is 353 g/mol. The molecule has 0 radical (unpaired) electrons. The van der Waals surface area contributed by atoms with E-state index in [-0.39, 0.29) is 6.04 Å². The molecule has 1 aromatic carbocycles. The highest BCUT2D eigenvalue weighted by atomic mass is 79.9. The molecule has 1 heterocycles. The number of thiazole rings is 1. The Morgan fingerprint density at radius 3 is 3.00 bits per heavy atom. The average Bonchev–Trinajstić information content (AvgIpc) is 3.00. The molecule has 0 saturated carbocycles. The van der Waals surface area contributed by atoms with Crippen LogP contribution >= 0.6 is 27.3 Å². The summed E-state index contributed by atoms with van der Waals surface area (Å²) >= 11 is 4.86. The summed E-state index contributed by atoms with van der Waals surface area (Å²) in [5.74, 6) is -1.16. The van der Waals surface area contributed by atoms with Crippen molar-refractivity contribution in [1.82, 2.24) is 10.3 Å². The molecule has 1 aromatic heterocycles. The highest BCUT2D eigenvalue weighted by Gasteiger charge is 2.36. The van der Waals surface area contributed by atoms with E-state index in [9.17, 15) is 9.90 Å². The van der Waals surface area contributed by atoms with Gasteiger partial charge < -0.3 is 10.4 Å².